The summed E-state index contributed by atoms with van der Waals surface area (Å²) in [7, 11) is 3.53. The molecular formula is C14H22N2OS. The highest BCUT2D eigenvalue weighted by atomic mass is 32.2. The van der Waals surface area contributed by atoms with Crippen molar-refractivity contribution in [2.45, 2.75) is 12.8 Å². The van der Waals surface area contributed by atoms with Crippen LogP contribution in [-0.2, 0) is 0 Å². The van der Waals surface area contributed by atoms with E-state index in [2.05, 4.69) is 11.6 Å². The molecular weight excluding hydrogens is 244 g/mol. The zero-order chi connectivity index (χ0) is 13.4. The minimum absolute atomic E-state index is 0.0431. The van der Waals surface area contributed by atoms with Gasteiger partial charge in [-0.3, -0.25) is 4.79 Å². The largest absolute Gasteiger partial charge is 0.385 e. The Kier molecular flexibility index (Phi) is 6.65. The van der Waals surface area contributed by atoms with Gasteiger partial charge in [0, 0.05) is 31.9 Å². The molecule has 0 fully saturated rings. The molecule has 0 aliphatic heterocycles. The Labute approximate surface area is 114 Å². The molecule has 1 N–H and O–H groups in total. The van der Waals surface area contributed by atoms with Crippen molar-refractivity contribution in [1.29, 1.82) is 0 Å². The van der Waals surface area contributed by atoms with E-state index in [1.54, 1.807) is 19.0 Å². The van der Waals surface area contributed by atoms with E-state index in [9.17, 15) is 4.79 Å². The number of amides is 1. The summed E-state index contributed by atoms with van der Waals surface area (Å²) in [5, 5.41) is 3.36. The van der Waals surface area contributed by atoms with E-state index in [1.165, 1.54) is 18.6 Å². The van der Waals surface area contributed by atoms with Crippen LogP contribution in [0.25, 0.3) is 0 Å². The summed E-state index contributed by atoms with van der Waals surface area (Å²) >= 11 is 1.89. The second-order valence-corrected chi connectivity index (χ2v) is 5.39. The lowest BCUT2D eigenvalue weighted by Gasteiger charge is -2.11. The van der Waals surface area contributed by atoms with E-state index >= 15 is 0 Å². The lowest BCUT2D eigenvalue weighted by Crippen LogP contribution is -2.21. The first kappa shape index (κ1) is 14.9. The Balaban J connectivity index is 2.38. The van der Waals surface area contributed by atoms with Crippen LogP contribution in [0.5, 0.6) is 0 Å². The number of anilines is 1. The Morgan fingerprint density at radius 1 is 1.22 bits per heavy atom. The number of thioether (sulfide) groups is 1. The van der Waals surface area contributed by atoms with Crippen molar-refractivity contribution in [2.24, 2.45) is 0 Å². The van der Waals surface area contributed by atoms with Crippen molar-refractivity contribution in [3.05, 3.63) is 29.8 Å². The molecule has 0 aromatic heterocycles. The molecule has 4 heteroatoms. The Hall–Kier alpha value is -1.16. The molecule has 0 aliphatic rings. The number of rotatable bonds is 7. The van der Waals surface area contributed by atoms with Crippen molar-refractivity contribution >= 4 is 23.4 Å². The summed E-state index contributed by atoms with van der Waals surface area (Å²) in [6, 6.07) is 7.66. The highest BCUT2D eigenvalue weighted by Crippen LogP contribution is 2.11. The van der Waals surface area contributed by atoms with Crippen LogP contribution in [0, 0.1) is 0 Å². The van der Waals surface area contributed by atoms with Crippen molar-refractivity contribution in [3.63, 3.8) is 0 Å². The van der Waals surface area contributed by atoms with E-state index < -0.39 is 0 Å². The van der Waals surface area contributed by atoms with Crippen LogP contribution in [0.15, 0.2) is 24.3 Å². The molecule has 3 nitrogen and oxygen atoms in total. The lowest BCUT2D eigenvalue weighted by molar-refractivity contribution is 0.0827. The van der Waals surface area contributed by atoms with Gasteiger partial charge in [0.15, 0.2) is 0 Å². The first-order chi connectivity index (χ1) is 8.65. The third-order valence-corrected chi connectivity index (χ3v) is 3.34. The molecule has 0 bridgehead atoms. The fraction of sp³-hybridized carbons (Fsp3) is 0.500. The maximum Gasteiger partial charge on any atom is 0.253 e. The summed E-state index contributed by atoms with van der Waals surface area (Å²) in [6.45, 7) is 0.988. The van der Waals surface area contributed by atoms with Crippen LogP contribution in [0.1, 0.15) is 23.2 Å². The molecule has 100 valence electrons. The van der Waals surface area contributed by atoms with Gasteiger partial charge in [-0.25, -0.2) is 0 Å². The van der Waals surface area contributed by atoms with Crippen molar-refractivity contribution in [1.82, 2.24) is 4.90 Å². The van der Waals surface area contributed by atoms with Gasteiger partial charge in [0.05, 0.1) is 0 Å². The van der Waals surface area contributed by atoms with Gasteiger partial charge in [-0.2, -0.15) is 11.8 Å². The maximum atomic E-state index is 11.7. The number of carbonyl (C=O) groups excluding carboxylic acids is 1. The number of nitrogens with one attached hydrogen (secondary N) is 1. The molecule has 0 unspecified atom stereocenters. The molecule has 18 heavy (non-hydrogen) atoms. The molecule has 0 spiro atoms. The number of nitrogens with zero attached hydrogens (tertiary/aromatic N) is 1. The summed E-state index contributed by atoms with van der Waals surface area (Å²) in [5.74, 6) is 1.26. The van der Waals surface area contributed by atoms with Gasteiger partial charge in [-0.05, 0) is 49.1 Å². The van der Waals surface area contributed by atoms with Crippen LogP contribution in [-0.4, -0.2) is 43.5 Å². The molecule has 0 saturated carbocycles. The summed E-state index contributed by atoms with van der Waals surface area (Å²) in [5.41, 5.74) is 1.81. The van der Waals surface area contributed by atoms with Gasteiger partial charge < -0.3 is 10.2 Å². The van der Waals surface area contributed by atoms with Gasteiger partial charge in [-0.1, -0.05) is 0 Å². The fourth-order valence-corrected chi connectivity index (χ4v) is 2.09. The lowest BCUT2D eigenvalue weighted by atomic mass is 10.2. The smallest absolute Gasteiger partial charge is 0.253 e. The molecule has 1 amide bonds. The SMILES string of the molecule is CSCCCCNc1ccc(C(=O)N(C)C)cc1. The minimum atomic E-state index is 0.0431. The molecule has 1 rings (SSSR count). The third kappa shape index (κ3) is 5.00. The van der Waals surface area contributed by atoms with Gasteiger partial charge >= 0.3 is 0 Å². The van der Waals surface area contributed by atoms with E-state index in [1.807, 2.05) is 36.0 Å². The Bertz CT molecular complexity index is 363. The molecule has 1 aromatic rings. The Morgan fingerprint density at radius 3 is 2.44 bits per heavy atom. The molecule has 0 saturated heterocycles. The third-order valence-electron chi connectivity index (χ3n) is 2.64. The van der Waals surface area contributed by atoms with Crippen LogP contribution in [0.3, 0.4) is 0 Å². The zero-order valence-electron chi connectivity index (χ0n) is 11.4. The summed E-state index contributed by atoms with van der Waals surface area (Å²) < 4.78 is 0. The predicted octanol–water partition coefficient (Wildman–Crippen LogP) is 2.94. The van der Waals surface area contributed by atoms with Crippen LogP contribution in [0.4, 0.5) is 5.69 Å². The average molecular weight is 266 g/mol. The van der Waals surface area contributed by atoms with Crippen LogP contribution < -0.4 is 5.32 Å². The molecule has 0 aliphatic carbocycles. The maximum absolute atomic E-state index is 11.7. The van der Waals surface area contributed by atoms with Crippen LogP contribution in [0.2, 0.25) is 0 Å². The van der Waals surface area contributed by atoms with Crippen molar-refractivity contribution in [3.8, 4) is 0 Å². The molecule has 0 heterocycles. The average Bonchev–Trinajstić information content (AvgIpc) is 2.38. The van der Waals surface area contributed by atoms with Gasteiger partial charge in [0.2, 0.25) is 0 Å². The monoisotopic (exact) mass is 266 g/mol. The normalized spacial score (nSPS) is 10.2. The zero-order valence-corrected chi connectivity index (χ0v) is 12.2. The molecule has 0 atom stereocenters. The summed E-state index contributed by atoms with van der Waals surface area (Å²) in [4.78, 5) is 13.3. The first-order valence-corrected chi connectivity index (χ1v) is 7.59. The number of unbranched alkanes of at least 4 members (excludes halogenated alkanes) is 1. The molecule has 0 radical (unpaired) electrons. The second kappa shape index (κ2) is 8.03. The van der Waals surface area contributed by atoms with Crippen molar-refractivity contribution in [2.75, 3.05) is 38.0 Å². The van der Waals surface area contributed by atoms with E-state index in [0.717, 1.165) is 17.8 Å². The highest BCUT2D eigenvalue weighted by molar-refractivity contribution is 7.98. The van der Waals surface area contributed by atoms with Gasteiger partial charge in [0.25, 0.3) is 5.91 Å². The van der Waals surface area contributed by atoms with Crippen molar-refractivity contribution < 1.29 is 4.79 Å². The number of carbonyl (C=O) groups is 1. The Morgan fingerprint density at radius 2 is 1.89 bits per heavy atom. The van der Waals surface area contributed by atoms with E-state index in [0.29, 0.717) is 0 Å². The number of benzene rings is 1. The number of hydrogen-bond acceptors (Lipinski definition) is 3. The molecule has 1 aromatic carbocycles. The standard InChI is InChI=1S/C14H22N2OS/c1-16(2)14(17)12-6-8-13(9-7-12)15-10-4-5-11-18-3/h6-9,15H,4-5,10-11H2,1-3H3. The minimum Gasteiger partial charge on any atom is -0.385 e. The second-order valence-electron chi connectivity index (χ2n) is 4.40. The topological polar surface area (TPSA) is 32.3 Å². The predicted molar refractivity (Wildman–Crippen MR) is 80.6 cm³/mol. The summed E-state index contributed by atoms with van der Waals surface area (Å²) in [6.07, 6.45) is 4.55. The van der Waals surface area contributed by atoms with Gasteiger partial charge in [-0.15, -0.1) is 0 Å². The van der Waals surface area contributed by atoms with E-state index in [-0.39, 0.29) is 5.91 Å². The van der Waals surface area contributed by atoms with Crippen LogP contribution >= 0.6 is 11.8 Å². The first-order valence-electron chi connectivity index (χ1n) is 6.19. The fourth-order valence-electron chi connectivity index (χ4n) is 1.59. The number of hydrogen-bond donors (Lipinski definition) is 1. The van der Waals surface area contributed by atoms with Gasteiger partial charge in [0.1, 0.15) is 0 Å². The highest BCUT2D eigenvalue weighted by Gasteiger charge is 2.06. The quantitative estimate of drug-likeness (QED) is 0.770. The van der Waals surface area contributed by atoms with E-state index in [4.69, 9.17) is 0 Å².